The van der Waals surface area contributed by atoms with Crippen molar-refractivity contribution in [1.82, 2.24) is 10.3 Å². The molecule has 0 aliphatic carbocycles. The lowest BCUT2D eigenvalue weighted by Gasteiger charge is -2.17. The zero-order valence-electron chi connectivity index (χ0n) is 14.1. The minimum Gasteiger partial charge on any atom is -0.348 e. The van der Waals surface area contributed by atoms with Crippen LogP contribution in [0.2, 0.25) is 0 Å². The van der Waals surface area contributed by atoms with E-state index in [4.69, 9.17) is 0 Å². The van der Waals surface area contributed by atoms with Crippen LogP contribution in [0.15, 0.2) is 24.3 Å². The van der Waals surface area contributed by atoms with Gasteiger partial charge in [-0.2, -0.15) is 0 Å². The highest BCUT2D eigenvalue weighted by atomic mass is 32.1. The maximum atomic E-state index is 13.5. The summed E-state index contributed by atoms with van der Waals surface area (Å²) < 4.78 is 13.5. The number of carbonyl (C=O) groups excluding carboxylic acids is 2. The molecule has 2 rings (SSSR count). The van der Waals surface area contributed by atoms with E-state index in [1.54, 1.807) is 13.0 Å². The van der Waals surface area contributed by atoms with Gasteiger partial charge in [-0.3, -0.25) is 14.5 Å². The molecule has 7 heteroatoms. The minimum absolute atomic E-state index is 0.0363. The molecule has 0 aliphatic rings. The number of nitrogens with zero attached hydrogens (tertiary/aromatic N) is 2. The summed E-state index contributed by atoms with van der Waals surface area (Å²) in [5, 5.41) is 3.21. The summed E-state index contributed by atoms with van der Waals surface area (Å²) in [6.07, 6.45) is 0.810. The summed E-state index contributed by atoms with van der Waals surface area (Å²) in [6, 6.07) is 5.75. The van der Waals surface area contributed by atoms with Gasteiger partial charge in [0.1, 0.15) is 11.5 Å². The Kier molecular flexibility index (Phi) is 5.66. The Hall–Kier alpha value is -2.28. The largest absolute Gasteiger partial charge is 0.348 e. The molecule has 0 bridgehead atoms. The number of halogens is 1. The Morgan fingerprint density at radius 3 is 2.71 bits per heavy atom. The van der Waals surface area contributed by atoms with E-state index in [-0.39, 0.29) is 23.6 Å². The number of aromatic nitrogens is 1. The topological polar surface area (TPSA) is 62.3 Å². The maximum absolute atomic E-state index is 13.5. The Morgan fingerprint density at radius 1 is 1.42 bits per heavy atom. The van der Waals surface area contributed by atoms with Crippen molar-refractivity contribution in [2.75, 3.05) is 4.90 Å². The Morgan fingerprint density at radius 2 is 2.12 bits per heavy atom. The van der Waals surface area contributed by atoms with Crippen molar-refractivity contribution in [3.63, 3.8) is 0 Å². The van der Waals surface area contributed by atoms with Gasteiger partial charge in [-0.1, -0.05) is 13.0 Å². The molecule has 24 heavy (non-hydrogen) atoms. The van der Waals surface area contributed by atoms with Crippen LogP contribution in [0.3, 0.4) is 0 Å². The highest BCUT2D eigenvalue weighted by molar-refractivity contribution is 7.16. The number of rotatable bonds is 5. The first-order valence-electron chi connectivity index (χ1n) is 7.68. The molecule has 2 aromatic rings. The molecule has 0 saturated carbocycles. The molecule has 0 spiro atoms. The van der Waals surface area contributed by atoms with Gasteiger partial charge in [-0.15, -0.1) is 11.3 Å². The molecular formula is C17H20FN3O2S. The van der Waals surface area contributed by atoms with Crippen molar-refractivity contribution in [3.05, 3.63) is 40.7 Å². The summed E-state index contributed by atoms with van der Waals surface area (Å²) in [7, 11) is 0. The lowest BCUT2D eigenvalue weighted by atomic mass is 10.2. The summed E-state index contributed by atoms with van der Waals surface area (Å²) in [5.41, 5.74) is 0.670. The van der Waals surface area contributed by atoms with Crippen molar-refractivity contribution in [2.45, 2.75) is 40.2 Å². The van der Waals surface area contributed by atoms with E-state index in [9.17, 15) is 14.0 Å². The third-order valence-electron chi connectivity index (χ3n) is 3.56. The third-order valence-corrected chi connectivity index (χ3v) is 4.52. The zero-order chi connectivity index (χ0) is 17.9. The normalized spacial score (nSPS) is 11.9. The van der Waals surface area contributed by atoms with E-state index >= 15 is 0 Å². The van der Waals surface area contributed by atoms with Gasteiger partial charge in [0.05, 0.1) is 5.69 Å². The quantitative estimate of drug-likeness (QED) is 0.893. The number of hydrogen-bond donors (Lipinski definition) is 1. The number of anilines is 2. The molecule has 0 radical (unpaired) electrons. The van der Waals surface area contributed by atoms with E-state index < -0.39 is 5.82 Å². The van der Waals surface area contributed by atoms with E-state index in [0.717, 1.165) is 6.42 Å². The Bertz CT molecular complexity index is 760. The van der Waals surface area contributed by atoms with Crippen LogP contribution in [0.4, 0.5) is 15.2 Å². The second-order valence-corrected chi connectivity index (χ2v) is 6.70. The fourth-order valence-electron chi connectivity index (χ4n) is 2.13. The first-order chi connectivity index (χ1) is 11.3. The van der Waals surface area contributed by atoms with Crippen LogP contribution in [0.1, 0.15) is 42.6 Å². The second-order valence-electron chi connectivity index (χ2n) is 5.52. The number of thiazole rings is 1. The minimum atomic E-state index is -0.443. The number of carbonyl (C=O) groups is 2. The zero-order valence-corrected chi connectivity index (χ0v) is 14.9. The Labute approximate surface area is 144 Å². The Balaban J connectivity index is 2.38. The number of aryl methyl sites for hydroxylation is 1. The SMILES string of the molecule is CCC(C)NC(=O)c1nc(N(C(C)=O)c2cccc(F)c2)sc1C. The van der Waals surface area contributed by atoms with Gasteiger partial charge in [0.2, 0.25) is 5.91 Å². The summed E-state index contributed by atoms with van der Waals surface area (Å²) >= 11 is 1.23. The average molecular weight is 349 g/mol. The van der Waals surface area contributed by atoms with Crippen LogP contribution in [-0.4, -0.2) is 22.8 Å². The number of benzene rings is 1. The van der Waals surface area contributed by atoms with E-state index in [2.05, 4.69) is 10.3 Å². The van der Waals surface area contributed by atoms with Crippen LogP contribution in [0, 0.1) is 12.7 Å². The predicted octanol–water partition coefficient (Wildman–Crippen LogP) is 3.80. The molecule has 1 aromatic carbocycles. The second kappa shape index (κ2) is 7.53. The van der Waals surface area contributed by atoms with Gasteiger partial charge in [0.15, 0.2) is 5.13 Å². The van der Waals surface area contributed by atoms with Gasteiger partial charge < -0.3 is 5.32 Å². The van der Waals surface area contributed by atoms with E-state index in [0.29, 0.717) is 15.7 Å². The molecule has 1 unspecified atom stereocenters. The molecule has 1 heterocycles. The van der Waals surface area contributed by atoms with Crippen LogP contribution in [0.5, 0.6) is 0 Å². The van der Waals surface area contributed by atoms with Crippen molar-refractivity contribution >= 4 is 34.0 Å². The monoisotopic (exact) mass is 349 g/mol. The number of amides is 2. The number of nitrogens with one attached hydrogen (secondary N) is 1. The predicted molar refractivity (Wildman–Crippen MR) is 93.3 cm³/mol. The molecule has 0 fully saturated rings. The average Bonchev–Trinajstić information content (AvgIpc) is 2.88. The van der Waals surface area contributed by atoms with Gasteiger partial charge >= 0.3 is 0 Å². The summed E-state index contributed by atoms with van der Waals surface area (Å²) in [5.74, 6) is -1.02. The van der Waals surface area contributed by atoms with Crippen LogP contribution in [0.25, 0.3) is 0 Å². The van der Waals surface area contributed by atoms with Gasteiger partial charge in [0.25, 0.3) is 5.91 Å². The molecule has 0 aliphatic heterocycles. The maximum Gasteiger partial charge on any atom is 0.271 e. The van der Waals surface area contributed by atoms with Crippen molar-refractivity contribution in [2.24, 2.45) is 0 Å². The van der Waals surface area contributed by atoms with Crippen molar-refractivity contribution < 1.29 is 14.0 Å². The van der Waals surface area contributed by atoms with Crippen LogP contribution >= 0.6 is 11.3 Å². The van der Waals surface area contributed by atoms with Gasteiger partial charge in [0, 0.05) is 17.8 Å². The molecule has 2 amide bonds. The molecule has 1 atom stereocenters. The fourth-order valence-corrected chi connectivity index (χ4v) is 3.10. The summed E-state index contributed by atoms with van der Waals surface area (Å²) in [4.78, 5) is 30.7. The van der Waals surface area contributed by atoms with Gasteiger partial charge in [-0.05, 0) is 38.5 Å². The smallest absolute Gasteiger partial charge is 0.271 e. The standard InChI is InChI=1S/C17H20FN3O2S/c1-5-10(2)19-16(23)15-11(3)24-17(20-15)21(12(4)22)14-8-6-7-13(18)9-14/h6-10H,5H2,1-4H3,(H,19,23). The molecule has 0 saturated heterocycles. The summed E-state index contributed by atoms with van der Waals surface area (Å²) in [6.45, 7) is 7.04. The third kappa shape index (κ3) is 3.97. The molecule has 1 N–H and O–H groups in total. The first kappa shape index (κ1) is 18.1. The van der Waals surface area contributed by atoms with E-state index in [1.807, 2.05) is 13.8 Å². The highest BCUT2D eigenvalue weighted by Gasteiger charge is 2.23. The van der Waals surface area contributed by atoms with Crippen LogP contribution < -0.4 is 10.2 Å². The molecular weight excluding hydrogens is 329 g/mol. The van der Waals surface area contributed by atoms with Crippen molar-refractivity contribution in [3.8, 4) is 0 Å². The van der Waals surface area contributed by atoms with Crippen LogP contribution in [-0.2, 0) is 4.79 Å². The first-order valence-corrected chi connectivity index (χ1v) is 8.49. The highest BCUT2D eigenvalue weighted by Crippen LogP contribution is 2.32. The van der Waals surface area contributed by atoms with E-state index in [1.165, 1.54) is 41.4 Å². The fraction of sp³-hybridized carbons (Fsp3) is 0.353. The molecule has 128 valence electrons. The lowest BCUT2D eigenvalue weighted by Crippen LogP contribution is -2.32. The molecule has 5 nitrogen and oxygen atoms in total. The van der Waals surface area contributed by atoms with Gasteiger partial charge in [-0.25, -0.2) is 9.37 Å². The number of hydrogen-bond acceptors (Lipinski definition) is 4. The molecule has 1 aromatic heterocycles. The lowest BCUT2D eigenvalue weighted by molar-refractivity contribution is -0.115. The van der Waals surface area contributed by atoms with Crippen molar-refractivity contribution in [1.29, 1.82) is 0 Å².